The van der Waals surface area contributed by atoms with Gasteiger partial charge in [0.25, 0.3) is 5.91 Å². The number of amides is 1. The van der Waals surface area contributed by atoms with Gasteiger partial charge in [0.1, 0.15) is 12.1 Å². The van der Waals surface area contributed by atoms with Crippen LogP contribution in [0.25, 0.3) is 0 Å². The molecule has 0 aliphatic carbocycles. The number of hydrazine groups is 1. The van der Waals surface area contributed by atoms with Crippen LogP contribution < -0.4 is 15.8 Å². The molecule has 136 valence electrons. The van der Waals surface area contributed by atoms with Crippen molar-refractivity contribution < 1.29 is 14.1 Å². The van der Waals surface area contributed by atoms with Crippen LogP contribution in [-0.2, 0) is 0 Å². The second-order valence-electron chi connectivity index (χ2n) is 5.79. The average Bonchev–Trinajstić information content (AvgIpc) is 2.67. The molecule has 0 radical (unpaired) electrons. The minimum Gasteiger partial charge on any atom is -0.351 e. The first-order valence-corrected chi connectivity index (χ1v) is 8.12. The summed E-state index contributed by atoms with van der Waals surface area (Å²) in [6.45, 7) is 1.36. The highest BCUT2D eigenvalue weighted by atomic mass is 19.1. The van der Waals surface area contributed by atoms with Gasteiger partial charge in [0.05, 0.1) is 4.92 Å². The number of nitrogens with one attached hydrogen (secondary N) is 2. The van der Waals surface area contributed by atoms with Crippen molar-refractivity contribution in [2.24, 2.45) is 0 Å². The van der Waals surface area contributed by atoms with Gasteiger partial charge in [0.2, 0.25) is 11.6 Å². The quantitative estimate of drug-likeness (QED) is 0.621. The van der Waals surface area contributed by atoms with E-state index in [2.05, 4.69) is 20.8 Å². The Labute approximate surface area is 148 Å². The predicted molar refractivity (Wildman–Crippen MR) is 92.2 cm³/mol. The largest absolute Gasteiger partial charge is 0.355 e. The number of halogens is 1. The molecule has 1 aliphatic heterocycles. The molecular formula is C16H17FN6O3. The van der Waals surface area contributed by atoms with E-state index in [0.717, 1.165) is 31.4 Å². The highest BCUT2D eigenvalue weighted by Gasteiger charge is 2.28. The zero-order chi connectivity index (χ0) is 18.5. The van der Waals surface area contributed by atoms with Gasteiger partial charge in [0.15, 0.2) is 0 Å². The minimum absolute atomic E-state index is 0.110. The van der Waals surface area contributed by atoms with Gasteiger partial charge in [-0.25, -0.2) is 14.4 Å². The molecule has 2 aromatic rings. The smallest absolute Gasteiger partial charge is 0.351 e. The van der Waals surface area contributed by atoms with Crippen molar-refractivity contribution in [3.8, 4) is 0 Å². The lowest BCUT2D eigenvalue weighted by Gasteiger charge is -2.27. The molecule has 26 heavy (non-hydrogen) atoms. The van der Waals surface area contributed by atoms with Crippen molar-refractivity contribution in [1.82, 2.24) is 15.4 Å². The van der Waals surface area contributed by atoms with Gasteiger partial charge in [-0.05, 0) is 43.5 Å². The number of hydrogen-bond donors (Lipinski definition) is 2. The number of carbonyl (C=O) groups excluding carboxylic acids is 1. The first kappa shape index (κ1) is 17.5. The lowest BCUT2D eigenvalue weighted by Crippen LogP contribution is -2.33. The Bertz CT molecular complexity index is 808. The number of rotatable bonds is 5. The molecule has 1 fully saturated rings. The summed E-state index contributed by atoms with van der Waals surface area (Å²) in [5.74, 6) is -0.922. The summed E-state index contributed by atoms with van der Waals surface area (Å²) in [5, 5.41) is 11.5. The molecule has 3 rings (SSSR count). The Morgan fingerprint density at radius 1 is 1.15 bits per heavy atom. The fourth-order valence-electron chi connectivity index (χ4n) is 2.76. The molecule has 9 nitrogen and oxygen atoms in total. The van der Waals surface area contributed by atoms with Crippen molar-refractivity contribution in [1.29, 1.82) is 0 Å². The Kier molecular flexibility index (Phi) is 5.20. The first-order valence-electron chi connectivity index (χ1n) is 8.12. The highest BCUT2D eigenvalue weighted by molar-refractivity contribution is 5.95. The molecular weight excluding hydrogens is 343 g/mol. The van der Waals surface area contributed by atoms with Crippen molar-refractivity contribution in [2.75, 3.05) is 23.4 Å². The van der Waals surface area contributed by atoms with Crippen LogP contribution in [0.1, 0.15) is 29.6 Å². The molecule has 1 aliphatic rings. The summed E-state index contributed by atoms with van der Waals surface area (Å²) in [7, 11) is 0. The molecule has 2 heterocycles. The van der Waals surface area contributed by atoms with Gasteiger partial charge in [0, 0.05) is 18.7 Å². The van der Waals surface area contributed by atoms with Crippen molar-refractivity contribution in [3.63, 3.8) is 0 Å². The van der Waals surface area contributed by atoms with Crippen LogP contribution in [0.3, 0.4) is 0 Å². The molecule has 0 unspecified atom stereocenters. The summed E-state index contributed by atoms with van der Waals surface area (Å²) in [6, 6.07) is 4.91. The molecule has 0 spiro atoms. The van der Waals surface area contributed by atoms with E-state index >= 15 is 0 Å². The number of carbonyl (C=O) groups is 1. The van der Waals surface area contributed by atoms with E-state index in [0.29, 0.717) is 13.1 Å². The van der Waals surface area contributed by atoms with Crippen LogP contribution in [0, 0.1) is 15.9 Å². The molecule has 1 aromatic heterocycles. The Hall–Kier alpha value is -3.30. The number of aromatic nitrogens is 2. The van der Waals surface area contributed by atoms with Crippen LogP contribution in [-0.4, -0.2) is 33.9 Å². The maximum Gasteiger partial charge on any atom is 0.355 e. The normalized spacial score (nSPS) is 14.0. The lowest BCUT2D eigenvalue weighted by atomic mass is 10.1. The number of benzene rings is 1. The SMILES string of the molecule is O=C(NNc1ncnc(N2CCCCC2)c1[N+](=O)[O-])c1ccc(F)cc1. The number of nitro groups is 1. The monoisotopic (exact) mass is 360 g/mol. The predicted octanol–water partition coefficient (Wildman–Crippen LogP) is 2.27. The first-order chi connectivity index (χ1) is 12.6. The van der Waals surface area contributed by atoms with Crippen LogP contribution in [0.5, 0.6) is 0 Å². The average molecular weight is 360 g/mol. The molecule has 1 amide bonds. The zero-order valence-electron chi connectivity index (χ0n) is 13.8. The zero-order valence-corrected chi connectivity index (χ0v) is 13.8. The molecule has 2 N–H and O–H groups in total. The van der Waals surface area contributed by atoms with Gasteiger partial charge in [-0.3, -0.25) is 25.8 Å². The maximum atomic E-state index is 12.9. The summed E-state index contributed by atoms with van der Waals surface area (Å²) >= 11 is 0. The third kappa shape index (κ3) is 3.85. The third-order valence-corrected chi connectivity index (χ3v) is 4.04. The standard InChI is InChI=1S/C16H17FN6O3/c17-12-6-4-11(5-7-12)16(24)21-20-14-13(23(25)26)15(19-10-18-14)22-8-2-1-3-9-22/h4-7,10H,1-3,8-9H2,(H,21,24)(H,18,19,20). The van der Waals surface area contributed by atoms with Gasteiger partial charge in [-0.15, -0.1) is 0 Å². The Balaban J connectivity index is 1.79. The molecule has 10 heteroatoms. The number of hydrogen-bond acceptors (Lipinski definition) is 7. The summed E-state index contributed by atoms with van der Waals surface area (Å²) in [6.07, 6.45) is 4.16. The van der Waals surface area contributed by atoms with E-state index in [1.54, 1.807) is 0 Å². The van der Waals surface area contributed by atoms with Crippen LogP contribution in [0.4, 0.5) is 21.7 Å². The van der Waals surface area contributed by atoms with Crippen LogP contribution >= 0.6 is 0 Å². The Morgan fingerprint density at radius 2 is 1.85 bits per heavy atom. The number of anilines is 2. The van der Waals surface area contributed by atoms with E-state index in [4.69, 9.17) is 0 Å². The molecule has 0 bridgehead atoms. The van der Waals surface area contributed by atoms with Gasteiger partial charge >= 0.3 is 5.69 Å². The molecule has 1 saturated heterocycles. The second-order valence-corrected chi connectivity index (χ2v) is 5.79. The number of nitrogens with zero attached hydrogens (tertiary/aromatic N) is 4. The molecule has 0 saturated carbocycles. The fourth-order valence-corrected chi connectivity index (χ4v) is 2.76. The summed E-state index contributed by atoms with van der Waals surface area (Å²) in [5.41, 5.74) is 4.71. The minimum atomic E-state index is -0.573. The van der Waals surface area contributed by atoms with E-state index in [1.807, 2.05) is 4.90 Å². The molecule has 1 aromatic carbocycles. The third-order valence-electron chi connectivity index (χ3n) is 4.04. The fraction of sp³-hybridized carbons (Fsp3) is 0.312. The van der Waals surface area contributed by atoms with Crippen LogP contribution in [0.2, 0.25) is 0 Å². The van der Waals surface area contributed by atoms with E-state index in [-0.39, 0.29) is 22.9 Å². The second kappa shape index (κ2) is 7.72. The van der Waals surface area contributed by atoms with E-state index < -0.39 is 16.6 Å². The van der Waals surface area contributed by atoms with Gasteiger partial charge in [-0.1, -0.05) is 0 Å². The van der Waals surface area contributed by atoms with Gasteiger partial charge < -0.3 is 4.90 Å². The van der Waals surface area contributed by atoms with Crippen molar-refractivity contribution >= 4 is 23.2 Å². The number of piperidine rings is 1. The van der Waals surface area contributed by atoms with Crippen molar-refractivity contribution in [3.05, 3.63) is 52.1 Å². The molecule has 0 atom stereocenters. The Morgan fingerprint density at radius 3 is 2.50 bits per heavy atom. The summed E-state index contributed by atoms with van der Waals surface area (Å²) < 4.78 is 12.9. The van der Waals surface area contributed by atoms with E-state index in [1.165, 1.54) is 18.5 Å². The topological polar surface area (TPSA) is 113 Å². The lowest BCUT2D eigenvalue weighted by molar-refractivity contribution is -0.383. The van der Waals surface area contributed by atoms with E-state index in [9.17, 15) is 19.3 Å². The highest BCUT2D eigenvalue weighted by Crippen LogP contribution is 2.32. The van der Waals surface area contributed by atoms with Gasteiger partial charge in [-0.2, -0.15) is 0 Å². The van der Waals surface area contributed by atoms with Crippen molar-refractivity contribution in [2.45, 2.75) is 19.3 Å². The summed E-state index contributed by atoms with van der Waals surface area (Å²) in [4.78, 5) is 32.8. The maximum absolute atomic E-state index is 12.9. The van der Waals surface area contributed by atoms with Crippen LogP contribution in [0.15, 0.2) is 30.6 Å².